The third kappa shape index (κ3) is 4.96. The van der Waals surface area contributed by atoms with Gasteiger partial charge in [0.2, 0.25) is 0 Å². The van der Waals surface area contributed by atoms with Crippen molar-refractivity contribution in [1.29, 1.82) is 0 Å². The van der Waals surface area contributed by atoms with Gasteiger partial charge in [-0.3, -0.25) is 4.90 Å². The van der Waals surface area contributed by atoms with Crippen LogP contribution < -0.4 is 5.73 Å². The summed E-state index contributed by atoms with van der Waals surface area (Å²) in [6, 6.07) is 0.729. The zero-order valence-electron chi connectivity index (χ0n) is 10.2. The molecule has 0 bridgehead atoms. The van der Waals surface area contributed by atoms with Gasteiger partial charge in [-0.05, 0) is 38.3 Å². The summed E-state index contributed by atoms with van der Waals surface area (Å²) in [5, 5.41) is 0. The van der Waals surface area contributed by atoms with Crippen molar-refractivity contribution in [3.05, 3.63) is 0 Å². The monoisotopic (exact) mass is 214 g/mol. The largest absolute Gasteiger partial charge is 0.381 e. The molecule has 15 heavy (non-hydrogen) atoms. The van der Waals surface area contributed by atoms with E-state index in [2.05, 4.69) is 18.7 Å². The summed E-state index contributed by atoms with van der Waals surface area (Å²) >= 11 is 0. The molecule has 3 heteroatoms. The highest BCUT2D eigenvalue weighted by molar-refractivity contribution is 4.75. The van der Waals surface area contributed by atoms with Crippen molar-refractivity contribution in [2.24, 2.45) is 11.7 Å². The Morgan fingerprint density at radius 1 is 1.33 bits per heavy atom. The quantitative estimate of drug-likeness (QED) is 0.728. The maximum absolute atomic E-state index is 5.59. The van der Waals surface area contributed by atoms with Crippen molar-refractivity contribution in [3.63, 3.8) is 0 Å². The van der Waals surface area contributed by atoms with Crippen LogP contribution in [-0.2, 0) is 4.74 Å². The van der Waals surface area contributed by atoms with Gasteiger partial charge < -0.3 is 10.5 Å². The molecule has 0 atom stereocenters. The minimum Gasteiger partial charge on any atom is -0.381 e. The lowest BCUT2D eigenvalue weighted by molar-refractivity contribution is 0.0297. The highest BCUT2D eigenvalue weighted by Gasteiger charge is 2.21. The van der Waals surface area contributed by atoms with Gasteiger partial charge in [0.1, 0.15) is 0 Å². The highest BCUT2D eigenvalue weighted by Crippen LogP contribution is 2.16. The lowest BCUT2D eigenvalue weighted by Gasteiger charge is -2.35. The first-order chi connectivity index (χ1) is 7.24. The summed E-state index contributed by atoms with van der Waals surface area (Å²) < 4.78 is 5.41. The Bertz CT molecular complexity index is 156. The zero-order chi connectivity index (χ0) is 11.1. The average Bonchev–Trinajstić information content (AvgIpc) is 2.25. The molecule has 0 spiro atoms. The molecule has 1 aliphatic heterocycles. The molecule has 3 nitrogen and oxygen atoms in total. The van der Waals surface area contributed by atoms with Gasteiger partial charge in [0.15, 0.2) is 0 Å². The van der Waals surface area contributed by atoms with Gasteiger partial charge in [0.05, 0.1) is 0 Å². The summed E-state index contributed by atoms with van der Waals surface area (Å²) in [6.45, 7) is 9.59. The standard InChI is InChI=1S/C12H26N2O/c1-11(2)10-14(7-3-6-13)12-4-8-15-9-5-12/h11-12H,3-10,13H2,1-2H3. The number of rotatable bonds is 6. The van der Waals surface area contributed by atoms with Crippen LogP contribution in [0.1, 0.15) is 33.1 Å². The van der Waals surface area contributed by atoms with Crippen LogP contribution in [0.3, 0.4) is 0 Å². The molecule has 0 aromatic heterocycles. The van der Waals surface area contributed by atoms with Crippen LogP contribution in [0.4, 0.5) is 0 Å². The maximum Gasteiger partial charge on any atom is 0.0480 e. The van der Waals surface area contributed by atoms with Crippen molar-refractivity contribution in [2.45, 2.75) is 39.2 Å². The fourth-order valence-electron chi connectivity index (χ4n) is 2.24. The summed E-state index contributed by atoms with van der Waals surface area (Å²) in [6.07, 6.45) is 3.50. The summed E-state index contributed by atoms with van der Waals surface area (Å²) in [4.78, 5) is 2.61. The van der Waals surface area contributed by atoms with Crippen LogP contribution in [0.25, 0.3) is 0 Å². The van der Waals surface area contributed by atoms with Crippen molar-refractivity contribution in [1.82, 2.24) is 4.90 Å². The molecular formula is C12H26N2O. The Morgan fingerprint density at radius 3 is 2.53 bits per heavy atom. The van der Waals surface area contributed by atoms with Crippen LogP contribution >= 0.6 is 0 Å². The molecular weight excluding hydrogens is 188 g/mol. The molecule has 0 saturated carbocycles. The van der Waals surface area contributed by atoms with Gasteiger partial charge in [-0.2, -0.15) is 0 Å². The number of ether oxygens (including phenoxy) is 1. The van der Waals surface area contributed by atoms with Crippen molar-refractivity contribution in [2.75, 3.05) is 32.8 Å². The van der Waals surface area contributed by atoms with E-state index in [-0.39, 0.29) is 0 Å². The Labute approximate surface area is 94.0 Å². The Balaban J connectivity index is 2.37. The fourth-order valence-corrected chi connectivity index (χ4v) is 2.24. The van der Waals surface area contributed by atoms with Crippen LogP contribution in [0.2, 0.25) is 0 Å². The maximum atomic E-state index is 5.59. The van der Waals surface area contributed by atoms with Gasteiger partial charge in [0, 0.05) is 25.8 Å². The smallest absolute Gasteiger partial charge is 0.0480 e. The molecule has 0 aromatic rings. The second-order valence-electron chi connectivity index (χ2n) is 4.87. The first-order valence-corrected chi connectivity index (χ1v) is 6.26. The molecule has 0 aromatic carbocycles. The third-order valence-electron chi connectivity index (χ3n) is 2.96. The molecule has 0 amide bonds. The van der Waals surface area contributed by atoms with Gasteiger partial charge in [-0.25, -0.2) is 0 Å². The molecule has 1 fully saturated rings. The topological polar surface area (TPSA) is 38.5 Å². The molecule has 0 unspecified atom stereocenters. The summed E-state index contributed by atoms with van der Waals surface area (Å²) in [5.41, 5.74) is 5.59. The Hall–Kier alpha value is -0.120. The number of nitrogens with zero attached hydrogens (tertiary/aromatic N) is 1. The Morgan fingerprint density at radius 2 is 2.00 bits per heavy atom. The number of hydrogen-bond acceptors (Lipinski definition) is 3. The molecule has 1 rings (SSSR count). The van der Waals surface area contributed by atoms with Crippen LogP contribution in [0.5, 0.6) is 0 Å². The molecule has 90 valence electrons. The van der Waals surface area contributed by atoms with Crippen LogP contribution in [-0.4, -0.2) is 43.8 Å². The molecule has 2 N–H and O–H groups in total. The molecule has 1 aliphatic rings. The zero-order valence-corrected chi connectivity index (χ0v) is 10.2. The van der Waals surface area contributed by atoms with E-state index in [1.165, 1.54) is 19.4 Å². The van der Waals surface area contributed by atoms with Gasteiger partial charge in [-0.15, -0.1) is 0 Å². The first kappa shape index (κ1) is 12.9. The fraction of sp³-hybridized carbons (Fsp3) is 1.00. The normalized spacial score (nSPS) is 19.0. The van der Waals surface area contributed by atoms with Crippen molar-refractivity contribution in [3.8, 4) is 0 Å². The number of nitrogens with two attached hydrogens (primary N) is 1. The lowest BCUT2D eigenvalue weighted by Crippen LogP contribution is -2.42. The Kier molecular flexibility index (Phi) is 6.22. The third-order valence-corrected chi connectivity index (χ3v) is 2.96. The molecule has 0 radical (unpaired) electrons. The first-order valence-electron chi connectivity index (χ1n) is 6.26. The van der Waals surface area contributed by atoms with Gasteiger partial charge in [0.25, 0.3) is 0 Å². The summed E-state index contributed by atoms with van der Waals surface area (Å²) in [5.74, 6) is 0.741. The van der Waals surface area contributed by atoms with Crippen LogP contribution in [0, 0.1) is 5.92 Å². The van der Waals surface area contributed by atoms with E-state index in [0.29, 0.717) is 0 Å². The van der Waals surface area contributed by atoms with E-state index < -0.39 is 0 Å². The average molecular weight is 214 g/mol. The number of hydrogen-bond donors (Lipinski definition) is 1. The van der Waals surface area contributed by atoms with Crippen molar-refractivity contribution >= 4 is 0 Å². The van der Waals surface area contributed by atoms with E-state index in [9.17, 15) is 0 Å². The van der Waals surface area contributed by atoms with E-state index >= 15 is 0 Å². The second-order valence-corrected chi connectivity index (χ2v) is 4.87. The lowest BCUT2D eigenvalue weighted by atomic mass is 10.0. The van der Waals surface area contributed by atoms with E-state index in [1.54, 1.807) is 0 Å². The van der Waals surface area contributed by atoms with E-state index in [1.807, 2.05) is 0 Å². The minimum atomic E-state index is 0.729. The molecule has 1 heterocycles. The predicted octanol–water partition coefficient (Wildman–Crippen LogP) is 1.47. The highest BCUT2D eigenvalue weighted by atomic mass is 16.5. The molecule has 1 saturated heterocycles. The van der Waals surface area contributed by atoms with Gasteiger partial charge >= 0.3 is 0 Å². The van der Waals surface area contributed by atoms with Crippen molar-refractivity contribution < 1.29 is 4.74 Å². The second kappa shape index (κ2) is 7.20. The van der Waals surface area contributed by atoms with Gasteiger partial charge in [-0.1, -0.05) is 13.8 Å². The SMILES string of the molecule is CC(C)CN(CCCN)C1CCOCC1. The predicted molar refractivity (Wildman–Crippen MR) is 63.9 cm³/mol. The van der Waals surface area contributed by atoms with Crippen LogP contribution in [0.15, 0.2) is 0 Å². The molecule has 0 aliphatic carbocycles. The minimum absolute atomic E-state index is 0.729. The summed E-state index contributed by atoms with van der Waals surface area (Å²) in [7, 11) is 0. The van der Waals surface area contributed by atoms with E-state index in [4.69, 9.17) is 10.5 Å². The van der Waals surface area contributed by atoms with E-state index in [0.717, 1.165) is 44.7 Å².